The summed E-state index contributed by atoms with van der Waals surface area (Å²) in [6.07, 6.45) is 0. The number of rotatable bonds is 6. The maximum atomic E-state index is 12.6. The quantitative estimate of drug-likeness (QED) is 0.487. The zero-order chi connectivity index (χ0) is 19.4. The molecular formula is C20H18O7. The Labute approximate surface area is 155 Å². The lowest BCUT2D eigenvalue weighted by atomic mass is 10.1. The van der Waals surface area contributed by atoms with Crippen LogP contribution >= 0.6 is 0 Å². The Kier molecular flexibility index (Phi) is 5.30. The number of fused-ring (bicyclic) bond motifs is 1. The lowest BCUT2D eigenvalue weighted by Gasteiger charge is -2.13. The summed E-state index contributed by atoms with van der Waals surface area (Å²) in [5.74, 6) is 0.598. The van der Waals surface area contributed by atoms with Crippen molar-refractivity contribution < 1.29 is 28.2 Å². The SMILES string of the molecule is COc1ccc2c(COC(=O)c3c(OC)cccc3OC)cc(=O)oc2c1. The number of hydrogen-bond donors (Lipinski definition) is 0. The minimum atomic E-state index is -0.626. The van der Waals surface area contributed by atoms with Gasteiger partial charge in [-0.25, -0.2) is 9.59 Å². The molecule has 27 heavy (non-hydrogen) atoms. The van der Waals surface area contributed by atoms with E-state index in [1.807, 2.05) is 0 Å². The van der Waals surface area contributed by atoms with Crippen LogP contribution in [0.4, 0.5) is 0 Å². The van der Waals surface area contributed by atoms with Crippen molar-refractivity contribution in [2.75, 3.05) is 21.3 Å². The molecule has 0 amide bonds. The average Bonchev–Trinajstić information content (AvgIpc) is 2.70. The molecule has 7 heteroatoms. The number of carbonyl (C=O) groups excluding carboxylic acids is 1. The van der Waals surface area contributed by atoms with Crippen LogP contribution < -0.4 is 19.8 Å². The van der Waals surface area contributed by atoms with Crippen LogP contribution in [0.15, 0.2) is 51.7 Å². The molecule has 7 nitrogen and oxygen atoms in total. The van der Waals surface area contributed by atoms with Gasteiger partial charge in [-0.15, -0.1) is 0 Å². The fourth-order valence-electron chi connectivity index (χ4n) is 2.72. The van der Waals surface area contributed by atoms with Crippen molar-refractivity contribution in [3.05, 3.63) is 64.0 Å². The van der Waals surface area contributed by atoms with Crippen LogP contribution in [-0.2, 0) is 11.3 Å². The molecule has 0 atom stereocenters. The molecule has 0 saturated carbocycles. The highest BCUT2D eigenvalue weighted by Gasteiger charge is 2.20. The zero-order valence-electron chi connectivity index (χ0n) is 15.1. The van der Waals surface area contributed by atoms with E-state index in [1.54, 1.807) is 36.4 Å². The normalized spacial score (nSPS) is 10.5. The van der Waals surface area contributed by atoms with Crippen molar-refractivity contribution in [1.29, 1.82) is 0 Å². The van der Waals surface area contributed by atoms with E-state index in [1.165, 1.54) is 27.4 Å². The molecule has 0 unspecified atom stereocenters. The summed E-state index contributed by atoms with van der Waals surface area (Å²) in [5, 5.41) is 0.648. The number of hydrogen-bond acceptors (Lipinski definition) is 7. The van der Waals surface area contributed by atoms with E-state index in [4.69, 9.17) is 23.4 Å². The highest BCUT2D eigenvalue weighted by molar-refractivity contribution is 5.95. The molecule has 0 aliphatic carbocycles. The van der Waals surface area contributed by atoms with Crippen LogP contribution in [0.3, 0.4) is 0 Å². The lowest BCUT2D eigenvalue weighted by molar-refractivity contribution is 0.0466. The predicted molar refractivity (Wildman–Crippen MR) is 97.7 cm³/mol. The molecular weight excluding hydrogens is 352 g/mol. The number of benzene rings is 2. The third-order valence-electron chi connectivity index (χ3n) is 4.03. The number of ether oxygens (including phenoxy) is 4. The molecule has 3 rings (SSSR count). The van der Waals surface area contributed by atoms with Gasteiger partial charge in [0, 0.05) is 23.1 Å². The molecule has 0 radical (unpaired) electrons. The van der Waals surface area contributed by atoms with Crippen LogP contribution in [0.25, 0.3) is 11.0 Å². The Morgan fingerprint density at radius 2 is 1.67 bits per heavy atom. The smallest absolute Gasteiger partial charge is 0.346 e. The van der Waals surface area contributed by atoms with Gasteiger partial charge in [-0.05, 0) is 24.3 Å². The van der Waals surface area contributed by atoms with Gasteiger partial charge in [0.05, 0.1) is 21.3 Å². The molecule has 0 saturated heterocycles. The van der Waals surface area contributed by atoms with Gasteiger partial charge in [-0.3, -0.25) is 0 Å². The average molecular weight is 370 g/mol. The second-order valence-electron chi connectivity index (χ2n) is 5.57. The summed E-state index contributed by atoms with van der Waals surface area (Å²) in [7, 11) is 4.43. The fraction of sp³-hybridized carbons (Fsp3) is 0.200. The Bertz CT molecular complexity index is 1010. The lowest BCUT2D eigenvalue weighted by Crippen LogP contribution is -2.10. The number of esters is 1. The Balaban J connectivity index is 1.91. The van der Waals surface area contributed by atoms with Crippen molar-refractivity contribution in [3.8, 4) is 17.2 Å². The van der Waals surface area contributed by atoms with Crippen molar-refractivity contribution >= 4 is 16.9 Å². The van der Waals surface area contributed by atoms with Gasteiger partial charge >= 0.3 is 11.6 Å². The van der Waals surface area contributed by atoms with Gasteiger partial charge in [-0.2, -0.15) is 0 Å². The summed E-state index contributed by atoms with van der Waals surface area (Å²) >= 11 is 0. The maximum Gasteiger partial charge on any atom is 0.346 e. The Morgan fingerprint density at radius 3 is 2.30 bits per heavy atom. The van der Waals surface area contributed by atoms with Crippen LogP contribution in [-0.4, -0.2) is 27.3 Å². The van der Waals surface area contributed by atoms with Gasteiger partial charge in [0.25, 0.3) is 0 Å². The van der Waals surface area contributed by atoms with Crippen LogP contribution in [0, 0.1) is 0 Å². The van der Waals surface area contributed by atoms with Crippen LogP contribution in [0.5, 0.6) is 17.2 Å². The molecule has 1 heterocycles. The number of carbonyl (C=O) groups is 1. The fourth-order valence-corrected chi connectivity index (χ4v) is 2.72. The molecule has 2 aromatic carbocycles. The molecule has 0 N–H and O–H groups in total. The molecule has 0 aliphatic heterocycles. The van der Waals surface area contributed by atoms with Gasteiger partial charge in [0.1, 0.15) is 35.0 Å². The van der Waals surface area contributed by atoms with E-state index < -0.39 is 11.6 Å². The standard InChI is InChI=1S/C20H18O7/c1-23-13-7-8-14-12(9-18(21)27-17(14)10-13)11-26-20(22)19-15(24-2)5-4-6-16(19)25-3/h4-10H,11H2,1-3H3. The van der Waals surface area contributed by atoms with Crippen molar-refractivity contribution in [1.82, 2.24) is 0 Å². The van der Waals surface area contributed by atoms with Crippen LogP contribution in [0.2, 0.25) is 0 Å². The third-order valence-corrected chi connectivity index (χ3v) is 4.03. The van der Waals surface area contributed by atoms with E-state index in [0.717, 1.165) is 0 Å². The van der Waals surface area contributed by atoms with Crippen LogP contribution in [0.1, 0.15) is 15.9 Å². The minimum Gasteiger partial charge on any atom is -0.497 e. The molecule has 0 spiro atoms. The first-order valence-corrected chi connectivity index (χ1v) is 8.06. The van der Waals surface area contributed by atoms with E-state index in [0.29, 0.717) is 33.8 Å². The molecule has 140 valence electrons. The van der Waals surface area contributed by atoms with Crippen molar-refractivity contribution in [2.45, 2.75) is 6.61 Å². The van der Waals surface area contributed by atoms with Crippen molar-refractivity contribution in [3.63, 3.8) is 0 Å². The Morgan fingerprint density at radius 1 is 0.963 bits per heavy atom. The van der Waals surface area contributed by atoms with Gasteiger partial charge in [0.2, 0.25) is 0 Å². The predicted octanol–water partition coefficient (Wildman–Crippen LogP) is 3.18. The van der Waals surface area contributed by atoms with E-state index >= 15 is 0 Å². The summed E-state index contributed by atoms with van der Waals surface area (Å²) in [5.41, 5.74) is 0.502. The molecule has 0 fully saturated rings. The van der Waals surface area contributed by atoms with Gasteiger partial charge < -0.3 is 23.4 Å². The molecule has 3 aromatic rings. The first-order chi connectivity index (χ1) is 13.1. The number of methoxy groups -OCH3 is 3. The third kappa shape index (κ3) is 3.72. The molecule has 0 bridgehead atoms. The molecule has 0 aliphatic rings. The van der Waals surface area contributed by atoms with E-state index in [-0.39, 0.29) is 12.2 Å². The topological polar surface area (TPSA) is 84.2 Å². The summed E-state index contributed by atoms with van der Waals surface area (Å²) < 4.78 is 26.2. The first-order valence-electron chi connectivity index (χ1n) is 8.06. The second-order valence-corrected chi connectivity index (χ2v) is 5.57. The van der Waals surface area contributed by atoms with Crippen molar-refractivity contribution in [2.24, 2.45) is 0 Å². The summed E-state index contributed by atoms with van der Waals surface area (Å²) in [6, 6.07) is 11.3. The van der Waals surface area contributed by atoms with Gasteiger partial charge in [0.15, 0.2) is 0 Å². The molecule has 1 aromatic heterocycles. The Hall–Kier alpha value is -3.48. The monoisotopic (exact) mass is 370 g/mol. The minimum absolute atomic E-state index is 0.117. The largest absolute Gasteiger partial charge is 0.497 e. The highest BCUT2D eigenvalue weighted by Crippen LogP contribution is 2.29. The maximum absolute atomic E-state index is 12.6. The van der Waals surface area contributed by atoms with E-state index in [2.05, 4.69) is 0 Å². The summed E-state index contributed by atoms with van der Waals surface area (Å²) in [4.78, 5) is 24.4. The summed E-state index contributed by atoms with van der Waals surface area (Å²) in [6.45, 7) is -0.117. The second kappa shape index (κ2) is 7.82. The van der Waals surface area contributed by atoms with E-state index in [9.17, 15) is 9.59 Å². The van der Waals surface area contributed by atoms with Gasteiger partial charge in [-0.1, -0.05) is 6.07 Å². The highest BCUT2D eigenvalue weighted by atomic mass is 16.5. The first kappa shape index (κ1) is 18.3. The zero-order valence-corrected chi connectivity index (χ0v) is 15.1.